The molecule has 0 aromatic rings. The van der Waals surface area contributed by atoms with Crippen LogP contribution in [-0.2, 0) is 0 Å². The topological polar surface area (TPSA) is 74.5 Å². The standard InChI is InChI=1S/C11H16N4S2/c1-8(2)5-16-11(17-6-9(3)4)15-10(13)14-7-12/h1,3,5-6H2,2,4H3,(H2,13,14). The third kappa shape index (κ3) is 9.72. The van der Waals surface area contributed by atoms with Crippen LogP contribution in [-0.4, -0.2) is 21.8 Å². The first-order chi connectivity index (χ1) is 7.95. The lowest BCUT2D eigenvalue weighted by Crippen LogP contribution is -2.10. The van der Waals surface area contributed by atoms with Crippen LogP contribution in [0.1, 0.15) is 13.8 Å². The van der Waals surface area contributed by atoms with E-state index in [4.69, 9.17) is 11.0 Å². The molecule has 0 unspecified atom stereocenters. The maximum Gasteiger partial charge on any atom is 0.232 e. The quantitative estimate of drug-likeness (QED) is 0.368. The molecule has 0 saturated carbocycles. The normalized spacial score (nSPS) is 10.5. The van der Waals surface area contributed by atoms with Crippen LogP contribution >= 0.6 is 23.5 Å². The second-order valence-electron chi connectivity index (χ2n) is 3.44. The highest BCUT2D eigenvalue weighted by Crippen LogP contribution is 2.20. The molecule has 0 amide bonds. The molecule has 0 aliphatic carbocycles. The van der Waals surface area contributed by atoms with E-state index in [1.165, 1.54) is 23.5 Å². The molecule has 0 aromatic carbocycles. The summed E-state index contributed by atoms with van der Waals surface area (Å²) in [6.45, 7) is 11.5. The zero-order chi connectivity index (χ0) is 13.3. The van der Waals surface area contributed by atoms with E-state index in [2.05, 4.69) is 23.1 Å². The predicted octanol–water partition coefficient (Wildman–Crippen LogP) is 2.76. The molecule has 2 N–H and O–H groups in total. The van der Waals surface area contributed by atoms with Crippen LogP contribution in [0.5, 0.6) is 0 Å². The molecule has 92 valence electrons. The van der Waals surface area contributed by atoms with Crippen molar-refractivity contribution in [1.82, 2.24) is 0 Å². The fourth-order valence-electron chi connectivity index (χ4n) is 0.646. The Bertz CT molecular complexity index is 371. The predicted molar refractivity (Wildman–Crippen MR) is 79.2 cm³/mol. The van der Waals surface area contributed by atoms with Crippen LogP contribution in [0.25, 0.3) is 0 Å². The lowest BCUT2D eigenvalue weighted by molar-refractivity contribution is 1.39. The van der Waals surface area contributed by atoms with E-state index < -0.39 is 0 Å². The summed E-state index contributed by atoms with van der Waals surface area (Å²) in [5.41, 5.74) is 7.57. The van der Waals surface area contributed by atoms with Gasteiger partial charge in [0.05, 0.1) is 0 Å². The van der Waals surface area contributed by atoms with Gasteiger partial charge in [0.15, 0.2) is 0 Å². The van der Waals surface area contributed by atoms with Gasteiger partial charge in [0.1, 0.15) is 4.38 Å². The molecule has 0 rings (SSSR count). The molecule has 0 atom stereocenters. The van der Waals surface area contributed by atoms with Crippen molar-refractivity contribution >= 4 is 33.9 Å². The zero-order valence-corrected chi connectivity index (χ0v) is 11.7. The van der Waals surface area contributed by atoms with Gasteiger partial charge < -0.3 is 5.73 Å². The number of hydrogen-bond donors (Lipinski definition) is 1. The van der Waals surface area contributed by atoms with Crippen molar-refractivity contribution < 1.29 is 0 Å². The number of nitriles is 1. The van der Waals surface area contributed by atoms with Crippen molar-refractivity contribution in [2.45, 2.75) is 13.8 Å². The van der Waals surface area contributed by atoms with Gasteiger partial charge >= 0.3 is 0 Å². The van der Waals surface area contributed by atoms with E-state index in [1.54, 1.807) is 6.19 Å². The summed E-state index contributed by atoms with van der Waals surface area (Å²) in [7, 11) is 0. The van der Waals surface area contributed by atoms with Gasteiger partial charge in [-0.2, -0.15) is 10.3 Å². The van der Waals surface area contributed by atoms with E-state index in [9.17, 15) is 0 Å². The summed E-state index contributed by atoms with van der Waals surface area (Å²) in [6.07, 6.45) is 1.60. The van der Waals surface area contributed by atoms with Gasteiger partial charge in [0.2, 0.25) is 12.2 Å². The van der Waals surface area contributed by atoms with Crippen molar-refractivity contribution in [1.29, 1.82) is 5.26 Å². The van der Waals surface area contributed by atoms with Crippen LogP contribution in [0.4, 0.5) is 0 Å². The number of thioether (sulfide) groups is 2. The molecular weight excluding hydrogens is 252 g/mol. The highest BCUT2D eigenvalue weighted by Gasteiger charge is 2.03. The molecule has 0 heterocycles. The number of nitrogens with two attached hydrogens (primary N) is 1. The van der Waals surface area contributed by atoms with Gasteiger partial charge in [0.25, 0.3) is 0 Å². The summed E-state index contributed by atoms with van der Waals surface area (Å²) in [6, 6.07) is 0. The minimum atomic E-state index is -0.0223. The van der Waals surface area contributed by atoms with Crippen LogP contribution in [0.15, 0.2) is 34.3 Å². The van der Waals surface area contributed by atoms with Gasteiger partial charge in [-0.05, 0) is 13.8 Å². The minimum absolute atomic E-state index is 0.0223. The summed E-state index contributed by atoms with van der Waals surface area (Å²) in [5.74, 6) is 1.51. The van der Waals surface area contributed by atoms with Crippen LogP contribution < -0.4 is 5.73 Å². The fraction of sp³-hybridized carbons (Fsp3) is 0.364. The Labute approximate surface area is 111 Å². The highest BCUT2D eigenvalue weighted by molar-refractivity contribution is 8.39. The van der Waals surface area contributed by atoms with Crippen LogP contribution in [0, 0.1) is 11.5 Å². The van der Waals surface area contributed by atoms with Gasteiger partial charge in [-0.1, -0.05) is 47.8 Å². The second kappa shape index (κ2) is 8.90. The fourth-order valence-corrected chi connectivity index (χ4v) is 2.39. The average molecular weight is 268 g/mol. The molecule has 0 fully saturated rings. The Morgan fingerprint density at radius 2 is 1.71 bits per heavy atom. The molecule has 0 aliphatic heterocycles. The zero-order valence-electron chi connectivity index (χ0n) is 10.1. The lowest BCUT2D eigenvalue weighted by atomic mass is 10.4. The Kier molecular flexibility index (Phi) is 8.28. The first-order valence-electron chi connectivity index (χ1n) is 4.81. The smallest absolute Gasteiger partial charge is 0.232 e. The largest absolute Gasteiger partial charge is 0.367 e. The van der Waals surface area contributed by atoms with Crippen molar-refractivity contribution in [3.05, 3.63) is 24.3 Å². The van der Waals surface area contributed by atoms with Crippen LogP contribution in [0.2, 0.25) is 0 Å². The van der Waals surface area contributed by atoms with E-state index in [0.29, 0.717) is 0 Å². The monoisotopic (exact) mass is 268 g/mol. The number of rotatable bonds is 4. The molecule has 17 heavy (non-hydrogen) atoms. The maximum atomic E-state index is 8.36. The van der Waals surface area contributed by atoms with E-state index in [0.717, 1.165) is 27.0 Å². The van der Waals surface area contributed by atoms with E-state index in [1.807, 2.05) is 13.8 Å². The molecule has 0 bridgehead atoms. The van der Waals surface area contributed by atoms with Crippen LogP contribution in [0.3, 0.4) is 0 Å². The first-order valence-corrected chi connectivity index (χ1v) is 6.78. The molecule has 0 saturated heterocycles. The number of guanidine groups is 1. The Balaban J connectivity index is 4.60. The summed E-state index contributed by atoms with van der Waals surface area (Å²) < 4.78 is 0.771. The van der Waals surface area contributed by atoms with Crippen molar-refractivity contribution in [2.75, 3.05) is 11.5 Å². The number of nitrogens with zero attached hydrogens (tertiary/aromatic N) is 3. The highest BCUT2D eigenvalue weighted by atomic mass is 32.2. The number of aliphatic imine (C=N–C) groups is 2. The Morgan fingerprint density at radius 3 is 2.06 bits per heavy atom. The third-order valence-corrected chi connectivity index (χ3v) is 3.91. The van der Waals surface area contributed by atoms with Gasteiger partial charge in [-0.15, -0.1) is 4.99 Å². The molecular formula is C11H16N4S2. The lowest BCUT2D eigenvalue weighted by Gasteiger charge is -2.05. The van der Waals surface area contributed by atoms with Gasteiger partial charge in [0, 0.05) is 11.5 Å². The SMILES string of the molecule is C=C(C)CSC(=NC(N)=NC#N)SCC(=C)C. The molecule has 0 aromatic heterocycles. The van der Waals surface area contributed by atoms with E-state index >= 15 is 0 Å². The van der Waals surface area contributed by atoms with Crippen molar-refractivity contribution in [3.63, 3.8) is 0 Å². The summed E-state index contributed by atoms with van der Waals surface area (Å²) >= 11 is 3.06. The van der Waals surface area contributed by atoms with E-state index in [-0.39, 0.29) is 5.96 Å². The van der Waals surface area contributed by atoms with Gasteiger partial charge in [-0.25, -0.2) is 0 Å². The second-order valence-corrected chi connectivity index (χ2v) is 5.63. The summed E-state index contributed by atoms with van der Waals surface area (Å²) in [5, 5.41) is 8.36. The van der Waals surface area contributed by atoms with Crippen molar-refractivity contribution in [2.24, 2.45) is 15.7 Å². The average Bonchev–Trinajstić information content (AvgIpc) is 2.22. The van der Waals surface area contributed by atoms with Gasteiger partial charge in [-0.3, -0.25) is 0 Å². The molecule has 0 aliphatic rings. The third-order valence-electron chi connectivity index (χ3n) is 1.25. The molecule has 6 heteroatoms. The Morgan fingerprint density at radius 1 is 1.24 bits per heavy atom. The molecule has 4 nitrogen and oxygen atoms in total. The van der Waals surface area contributed by atoms with Crippen molar-refractivity contribution in [3.8, 4) is 6.19 Å². The summed E-state index contributed by atoms with van der Waals surface area (Å²) in [4.78, 5) is 7.44. The first kappa shape index (κ1) is 15.8. The number of hydrogen-bond acceptors (Lipinski definition) is 4. The molecule has 0 radical (unpaired) electrons. The minimum Gasteiger partial charge on any atom is -0.367 e. The Hall–Kier alpha value is -1.19. The molecule has 0 spiro atoms. The maximum absolute atomic E-state index is 8.36.